The number of ether oxygens (including phenoxy) is 1. The van der Waals surface area contributed by atoms with Crippen LogP contribution in [-0.2, 0) is 0 Å². The molecule has 0 unspecified atom stereocenters. The highest BCUT2D eigenvalue weighted by molar-refractivity contribution is 5.96. The quantitative estimate of drug-likeness (QED) is 0.700. The summed E-state index contributed by atoms with van der Waals surface area (Å²) in [6, 6.07) is 11.2. The van der Waals surface area contributed by atoms with Gasteiger partial charge in [-0.25, -0.2) is 4.63 Å². The largest absolute Gasteiger partial charge is 0.497 e. The fourth-order valence-electron chi connectivity index (χ4n) is 1.84. The molecule has 3 N–H and O–H groups in total. The Morgan fingerprint density at radius 1 is 1.16 bits per heavy atom. The first-order valence-electron chi connectivity index (χ1n) is 5.70. The van der Waals surface area contributed by atoms with E-state index in [2.05, 4.69) is 15.6 Å². The van der Waals surface area contributed by atoms with E-state index in [1.807, 2.05) is 30.3 Å². The van der Waals surface area contributed by atoms with Gasteiger partial charge in [0.2, 0.25) is 0 Å². The SMILES string of the molecule is COc1cccc(Nc2ccc(N)c3nonc23)c1. The number of aromatic nitrogens is 2. The highest BCUT2D eigenvalue weighted by Gasteiger charge is 2.10. The van der Waals surface area contributed by atoms with Gasteiger partial charge in [0.05, 0.1) is 18.5 Å². The predicted octanol–water partition coefficient (Wildman–Crippen LogP) is 2.56. The summed E-state index contributed by atoms with van der Waals surface area (Å²) in [5, 5.41) is 10.9. The lowest BCUT2D eigenvalue weighted by Gasteiger charge is -2.08. The van der Waals surface area contributed by atoms with Gasteiger partial charge in [-0.2, -0.15) is 0 Å². The average Bonchev–Trinajstić information content (AvgIpc) is 2.93. The summed E-state index contributed by atoms with van der Waals surface area (Å²) in [5.74, 6) is 0.773. The molecular weight excluding hydrogens is 244 g/mol. The molecule has 1 aromatic heterocycles. The molecular formula is C13H12N4O2. The second-order valence-electron chi connectivity index (χ2n) is 4.02. The Morgan fingerprint density at radius 3 is 2.84 bits per heavy atom. The van der Waals surface area contributed by atoms with Gasteiger partial charge in [0, 0.05) is 11.8 Å². The molecule has 0 aliphatic heterocycles. The number of nitrogens with zero attached hydrogens (tertiary/aromatic N) is 2. The third kappa shape index (κ3) is 2.03. The van der Waals surface area contributed by atoms with E-state index >= 15 is 0 Å². The van der Waals surface area contributed by atoms with Crippen molar-refractivity contribution in [3.63, 3.8) is 0 Å². The molecule has 0 aliphatic carbocycles. The lowest BCUT2D eigenvalue weighted by molar-refractivity contribution is 0.316. The number of nitrogens with two attached hydrogens (primary N) is 1. The van der Waals surface area contributed by atoms with Gasteiger partial charge in [-0.15, -0.1) is 0 Å². The third-order valence-electron chi connectivity index (χ3n) is 2.80. The van der Waals surface area contributed by atoms with Crippen molar-refractivity contribution in [1.82, 2.24) is 10.3 Å². The van der Waals surface area contributed by atoms with Gasteiger partial charge in [-0.05, 0) is 34.6 Å². The first-order chi connectivity index (χ1) is 9.28. The minimum absolute atomic E-state index is 0.535. The molecule has 3 rings (SSSR count). The summed E-state index contributed by atoms with van der Waals surface area (Å²) in [4.78, 5) is 0. The van der Waals surface area contributed by atoms with Crippen molar-refractivity contribution in [2.45, 2.75) is 0 Å². The lowest BCUT2D eigenvalue weighted by atomic mass is 10.2. The molecule has 0 radical (unpaired) electrons. The lowest BCUT2D eigenvalue weighted by Crippen LogP contribution is -1.94. The molecule has 3 aromatic rings. The van der Waals surface area contributed by atoms with E-state index in [9.17, 15) is 0 Å². The number of fused-ring (bicyclic) bond motifs is 1. The van der Waals surface area contributed by atoms with E-state index in [4.69, 9.17) is 15.1 Å². The predicted molar refractivity (Wildman–Crippen MR) is 72.5 cm³/mol. The van der Waals surface area contributed by atoms with Crippen LogP contribution < -0.4 is 15.8 Å². The van der Waals surface area contributed by atoms with E-state index in [0.717, 1.165) is 17.1 Å². The van der Waals surface area contributed by atoms with Crippen LogP contribution in [0.4, 0.5) is 17.1 Å². The van der Waals surface area contributed by atoms with Gasteiger partial charge >= 0.3 is 0 Å². The van der Waals surface area contributed by atoms with Gasteiger partial charge in [0.1, 0.15) is 5.75 Å². The molecule has 6 heteroatoms. The molecule has 0 spiro atoms. The Kier molecular flexibility index (Phi) is 2.68. The van der Waals surface area contributed by atoms with Crippen molar-refractivity contribution >= 4 is 28.1 Å². The summed E-state index contributed by atoms with van der Waals surface area (Å²) in [6.45, 7) is 0. The number of nitrogens with one attached hydrogen (secondary N) is 1. The summed E-state index contributed by atoms with van der Waals surface area (Å²) < 4.78 is 9.90. The monoisotopic (exact) mass is 256 g/mol. The Morgan fingerprint density at radius 2 is 2.00 bits per heavy atom. The topological polar surface area (TPSA) is 86.2 Å². The summed E-state index contributed by atoms with van der Waals surface area (Å²) >= 11 is 0. The van der Waals surface area contributed by atoms with Crippen molar-refractivity contribution in [1.29, 1.82) is 0 Å². The maximum Gasteiger partial charge on any atom is 0.160 e. The fraction of sp³-hybridized carbons (Fsp3) is 0.0769. The van der Waals surface area contributed by atoms with Crippen molar-refractivity contribution in [2.24, 2.45) is 0 Å². The van der Waals surface area contributed by atoms with E-state index in [0.29, 0.717) is 16.7 Å². The summed E-state index contributed by atoms with van der Waals surface area (Å²) in [6.07, 6.45) is 0. The zero-order valence-corrected chi connectivity index (χ0v) is 10.3. The minimum Gasteiger partial charge on any atom is -0.497 e. The fourth-order valence-corrected chi connectivity index (χ4v) is 1.84. The number of hydrogen-bond donors (Lipinski definition) is 2. The van der Waals surface area contributed by atoms with Gasteiger partial charge in [-0.1, -0.05) is 6.07 Å². The molecule has 0 saturated heterocycles. The van der Waals surface area contributed by atoms with Crippen molar-refractivity contribution in [3.05, 3.63) is 36.4 Å². The number of benzene rings is 2. The molecule has 1 heterocycles. The smallest absolute Gasteiger partial charge is 0.160 e. The van der Waals surface area contributed by atoms with Gasteiger partial charge in [0.25, 0.3) is 0 Å². The van der Waals surface area contributed by atoms with Crippen LogP contribution in [0.5, 0.6) is 5.75 Å². The molecule has 0 amide bonds. The number of anilines is 3. The number of hydrogen-bond acceptors (Lipinski definition) is 6. The van der Waals surface area contributed by atoms with Gasteiger partial charge < -0.3 is 15.8 Å². The van der Waals surface area contributed by atoms with Crippen LogP contribution in [0.3, 0.4) is 0 Å². The standard InChI is InChI=1S/C13H12N4O2/c1-18-9-4-2-3-8(7-9)15-11-6-5-10(14)12-13(11)17-19-16-12/h2-7,15H,14H2,1H3. The van der Waals surface area contributed by atoms with E-state index in [1.165, 1.54) is 0 Å². The first-order valence-corrected chi connectivity index (χ1v) is 5.70. The summed E-state index contributed by atoms with van der Waals surface area (Å²) in [5.41, 5.74) is 9.14. The Hall–Kier alpha value is -2.76. The third-order valence-corrected chi connectivity index (χ3v) is 2.80. The molecule has 0 fully saturated rings. The highest BCUT2D eigenvalue weighted by Crippen LogP contribution is 2.28. The van der Waals surface area contributed by atoms with Crippen LogP contribution in [0.2, 0.25) is 0 Å². The molecule has 6 nitrogen and oxygen atoms in total. The van der Waals surface area contributed by atoms with Crippen LogP contribution in [0.15, 0.2) is 41.0 Å². The van der Waals surface area contributed by atoms with Crippen molar-refractivity contribution < 1.29 is 9.37 Å². The Bertz CT molecular complexity index is 723. The van der Waals surface area contributed by atoms with Crippen LogP contribution in [0.1, 0.15) is 0 Å². The second kappa shape index (κ2) is 4.49. The van der Waals surface area contributed by atoms with E-state index < -0.39 is 0 Å². The first kappa shape index (κ1) is 11.3. The summed E-state index contributed by atoms with van der Waals surface area (Å²) in [7, 11) is 1.63. The van der Waals surface area contributed by atoms with Gasteiger partial charge in [0.15, 0.2) is 11.0 Å². The zero-order valence-electron chi connectivity index (χ0n) is 10.3. The van der Waals surface area contributed by atoms with Crippen LogP contribution in [-0.4, -0.2) is 17.4 Å². The average molecular weight is 256 g/mol. The number of nitrogen functional groups attached to an aromatic ring is 1. The van der Waals surface area contributed by atoms with Crippen LogP contribution >= 0.6 is 0 Å². The van der Waals surface area contributed by atoms with Crippen LogP contribution in [0.25, 0.3) is 11.0 Å². The Balaban J connectivity index is 2.01. The molecule has 0 aliphatic rings. The molecule has 19 heavy (non-hydrogen) atoms. The normalized spacial score (nSPS) is 10.6. The zero-order chi connectivity index (χ0) is 13.2. The maximum absolute atomic E-state index is 5.80. The number of rotatable bonds is 3. The van der Waals surface area contributed by atoms with Gasteiger partial charge in [-0.3, -0.25) is 0 Å². The van der Waals surface area contributed by atoms with Crippen LogP contribution in [0, 0.1) is 0 Å². The molecule has 0 bridgehead atoms. The highest BCUT2D eigenvalue weighted by atomic mass is 16.6. The minimum atomic E-state index is 0.535. The number of methoxy groups -OCH3 is 1. The second-order valence-corrected chi connectivity index (χ2v) is 4.02. The van der Waals surface area contributed by atoms with Crippen molar-refractivity contribution in [2.75, 3.05) is 18.2 Å². The van der Waals surface area contributed by atoms with E-state index in [1.54, 1.807) is 13.2 Å². The molecule has 0 saturated carbocycles. The maximum atomic E-state index is 5.80. The Labute approximate surface area is 109 Å². The van der Waals surface area contributed by atoms with Crippen molar-refractivity contribution in [3.8, 4) is 5.75 Å². The van der Waals surface area contributed by atoms with E-state index in [-0.39, 0.29) is 0 Å². The molecule has 96 valence electrons. The molecule has 0 atom stereocenters. The molecule has 2 aromatic carbocycles.